The van der Waals surface area contributed by atoms with Gasteiger partial charge in [0.1, 0.15) is 5.65 Å². The predicted octanol–water partition coefficient (Wildman–Crippen LogP) is 2.59. The lowest BCUT2D eigenvalue weighted by molar-refractivity contribution is 0.555. The molecular formula is C23H33N7O. The molecule has 3 rings (SSSR count). The Bertz CT molecular complexity index is 1100. The number of aliphatic imine (C=N–C) groups is 1. The van der Waals surface area contributed by atoms with Crippen molar-refractivity contribution >= 4 is 17.0 Å². The van der Waals surface area contributed by atoms with E-state index in [1.54, 1.807) is 11.6 Å². The van der Waals surface area contributed by atoms with Crippen LogP contribution in [0.2, 0.25) is 0 Å². The zero-order valence-corrected chi connectivity index (χ0v) is 19.0. The fourth-order valence-electron chi connectivity index (χ4n) is 3.33. The Hall–Kier alpha value is -3.13. The lowest BCUT2D eigenvalue weighted by Gasteiger charge is -2.15. The number of H-pyrrole nitrogens is 1. The number of aromatic amines is 1. The molecule has 0 fully saturated rings. The van der Waals surface area contributed by atoms with Crippen LogP contribution in [0.25, 0.3) is 16.7 Å². The van der Waals surface area contributed by atoms with E-state index in [1.165, 1.54) is 0 Å². The molecule has 0 spiro atoms. The number of hydrogen-bond acceptors (Lipinski definition) is 4. The van der Waals surface area contributed by atoms with E-state index in [1.807, 2.05) is 30.5 Å². The Labute approximate surface area is 183 Å². The molecule has 3 aromatic rings. The number of benzene rings is 1. The first-order valence-corrected chi connectivity index (χ1v) is 10.6. The molecule has 0 radical (unpaired) electrons. The van der Waals surface area contributed by atoms with Crippen LogP contribution in [-0.4, -0.2) is 40.6 Å². The van der Waals surface area contributed by atoms with Crippen molar-refractivity contribution in [3.8, 4) is 5.69 Å². The van der Waals surface area contributed by atoms with Crippen molar-refractivity contribution in [2.45, 2.75) is 45.6 Å². The molecule has 5 N–H and O–H groups in total. The molecule has 2 aromatic heterocycles. The largest absolute Gasteiger partial charge is 0.370 e. The molecule has 0 aliphatic heterocycles. The summed E-state index contributed by atoms with van der Waals surface area (Å²) in [5, 5.41) is 7.47. The highest BCUT2D eigenvalue weighted by Crippen LogP contribution is 2.24. The molecule has 0 aliphatic carbocycles. The van der Waals surface area contributed by atoms with Crippen LogP contribution < -0.4 is 22.1 Å². The molecule has 1 atom stereocenters. The molecule has 0 saturated carbocycles. The van der Waals surface area contributed by atoms with Crippen LogP contribution in [0.3, 0.4) is 0 Å². The maximum absolute atomic E-state index is 12.6. The minimum atomic E-state index is -0.295. The first-order chi connectivity index (χ1) is 14.7. The van der Waals surface area contributed by atoms with Gasteiger partial charge in [-0.2, -0.15) is 4.98 Å². The molecule has 8 heteroatoms. The predicted molar refractivity (Wildman–Crippen MR) is 127 cm³/mol. The van der Waals surface area contributed by atoms with Gasteiger partial charge in [0.05, 0.1) is 5.69 Å². The number of rotatable bonds is 7. The normalized spacial score (nSPS) is 13.5. The maximum Gasteiger partial charge on any atom is 0.354 e. The summed E-state index contributed by atoms with van der Waals surface area (Å²) in [5.74, 6) is 0.459. The SMILES string of the molecule is CN=C(N)NCCCN[C@@H](C)c1ccc(-n2cc3cc(C(C)(C)C)[nH]c3nc2=O)cc1. The fourth-order valence-corrected chi connectivity index (χ4v) is 3.33. The molecular weight excluding hydrogens is 390 g/mol. The van der Waals surface area contributed by atoms with E-state index >= 15 is 0 Å². The molecule has 1 aromatic carbocycles. The number of guanidine groups is 1. The number of hydrogen-bond donors (Lipinski definition) is 4. The summed E-state index contributed by atoms with van der Waals surface area (Å²) in [7, 11) is 1.66. The monoisotopic (exact) mass is 423 g/mol. The number of nitrogens with zero attached hydrogens (tertiary/aromatic N) is 3. The number of nitrogens with one attached hydrogen (secondary N) is 3. The van der Waals surface area contributed by atoms with Crippen molar-refractivity contribution in [1.29, 1.82) is 0 Å². The number of aromatic nitrogens is 3. The second-order valence-electron chi connectivity index (χ2n) is 8.79. The van der Waals surface area contributed by atoms with Crippen LogP contribution in [0.4, 0.5) is 0 Å². The zero-order valence-electron chi connectivity index (χ0n) is 19.0. The summed E-state index contributed by atoms with van der Waals surface area (Å²) < 4.78 is 1.59. The van der Waals surface area contributed by atoms with Gasteiger partial charge in [-0.1, -0.05) is 32.9 Å². The Kier molecular flexibility index (Phi) is 6.80. The topological polar surface area (TPSA) is 113 Å². The summed E-state index contributed by atoms with van der Waals surface area (Å²) in [6.07, 6.45) is 2.79. The van der Waals surface area contributed by atoms with Crippen molar-refractivity contribution in [2.24, 2.45) is 10.7 Å². The smallest absolute Gasteiger partial charge is 0.354 e. The average Bonchev–Trinajstić information content (AvgIpc) is 3.16. The summed E-state index contributed by atoms with van der Waals surface area (Å²) in [5.41, 5.74) is 8.93. The Morgan fingerprint density at radius 1 is 1.26 bits per heavy atom. The van der Waals surface area contributed by atoms with Gasteiger partial charge >= 0.3 is 5.69 Å². The third-order valence-electron chi connectivity index (χ3n) is 5.34. The van der Waals surface area contributed by atoms with E-state index in [0.29, 0.717) is 11.6 Å². The van der Waals surface area contributed by atoms with Gasteiger partial charge in [0, 0.05) is 42.3 Å². The van der Waals surface area contributed by atoms with Crippen LogP contribution >= 0.6 is 0 Å². The zero-order chi connectivity index (χ0) is 22.6. The first kappa shape index (κ1) is 22.6. The highest BCUT2D eigenvalue weighted by Gasteiger charge is 2.17. The highest BCUT2D eigenvalue weighted by molar-refractivity contribution is 5.77. The van der Waals surface area contributed by atoms with Gasteiger partial charge in [-0.3, -0.25) is 9.56 Å². The molecule has 31 heavy (non-hydrogen) atoms. The van der Waals surface area contributed by atoms with Gasteiger partial charge in [-0.25, -0.2) is 4.79 Å². The third kappa shape index (κ3) is 5.52. The lowest BCUT2D eigenvalue weighted by Crippen LogP contribution is -2.33. The summed E-state index contributed by atoms with van der Waals surface area (Å²) in [6, 6.07) is 10.3. The molecule has 0 amide bonds. The van der Waals surface area contributed by atoms with Crippen molar-refractivity contribution in [3.63, 3.8) is 0 Å². The van der Waals surface area contributed by atoms with E-state index in [0.717, 1.165) is 41.8 Å². The van der Waals surface area contributed by atoms with Crippen LogP contribution in [-0.2, 0) is 5.41 Å². The van der Waals surface area contributed by atoms with Crippen LogP contribution in [0.15, 0.2) is 46.3 Å². The molecule has 0 bridgehead atoms. The van der Waals surface area contributed by atoms with Crippen molar-refractivity contribution in [3.05, 3.63) is 58.3 Å². The molecule has 0 saturated heterocycles. The fraction of sp³-hybridized carbons (Fsp3) is 0.435. The van der Waals surface area contributed by atoms with Gasteiger partial charge < -0.3 is 21.4 Å². The van der Waals surface area contributed by atoms with E-state index in [9.17, 15) is 4.79 Å². The van der Waals surface area contributed by atoms with Crippen molar-refractivity contribution in [2.75, 3.05) is 20.1 Å². The minimum absolute atomic E-state index is 0.0361. The van der Waals surface area contributed by atoms with Gasteiger partial charge in [0.15, 0.2) is 5.96 Å². The molecule has 0 unspecified atom stereocenters. The van der Waals surface area contributed by atoms with Gasteiger partial charge in [0.2, 0.25) is 0 Å². The van der Waals surface area contributed by atoms with E-state index in [-0.39, 0.29) is 17.1 Å². The molecule has 8 nitrogen and oxygen atoms in total. The van der Waals surface area contributed by atoms with Gasteiger partial charge in [0.25, 0.3) is 0 Å². The summed E-state index contributed by atoms with van der Waals surface area (Å²) in [6.45, 7) is 10.1. The standard InChI is InChI=1S/C23H33N7O/c1-15(26-11-6-12-27-21(24)25-5)16-7-9-18(10-8-16)30-14-17-13-19(23(2,3)4)28-20(17)29-22(30)31/h7-10,13-15,26H,6,11-12H2,1-5H3,(H3,24,25,27)(H,28,29,31)/t15-/m0/s1. The average molecular weight is 424 g/mol. The highest BCUT2D eigenvalue weighted by atomic mass is 16.1. The Balaban J connectivity index is 1.68. The van der Waals surface area contributed by atoms with Crippen LogP contribution in [0.1, 0.15) is 51.4 Å². The lowest BCUT2D eigenvalue weighted by atomic mass is 9.92. The van der Waals surface area contributed by atoms with Crippen molar-refractivity contribution in [1.82, 2.24) is 25.2 Å². The quantitative estimate of drug-likeness (QED) is 0.265. The first-order valence-electron chi connectivity index (χ1n) is 10.6. The van der Waals surface area contributed by atoms with E-state index in [2.05, 4.69) is 59.4 Å². The summed E-state index contributed by atoms with van der Waals surface area (Å²) in [4.78, 5) is 24.0. The number of nitrogens with two attached hydrogens (primary N) is 1. The van der Waals surface area contributed by atoms with E-state index < -0.39 is 0 Å². The van der Waals surface area contributed by atoms with Crippen molar-refractivity contribution < 1.29 is 0 Å². The number of fused-ring (bicyclic) bond motifs is 1. The third-order valence-corrected chi connectivity index (χ3v) is 5.34. The molecule has 2 heterocycles. The second kappa shape index (κ2) is 9.34. The van der Waals surface area contributed by atoms with Crippen LogP contribution in [0.5, 0.6) is 0 Å². The molecule has 0 aliphatic rings. The molecule has 166 valence electrons. The minimum Gasteiger partial charge on any atom is -0.370 e. The van der Waals surface area contributed by atoms with Gasteiger partial charge in [-0.05, 0) is 43.7 Å². The summed E-state index contributed by atoms with van der Waals surface area (Å²) >= 11 is 0. The van der Waals surface area contributed by atoms with E-state index in [4.69, 9.17) is 5.73 Å². The van der Waals surface area contributed by atoms with Crippen LogP contribution in [0, 0.1) is 0 Å². The second-order valence-corrected chi connectivity index (χ2v) is 8.79. The Morgan fingerprint density at radius 3 is 2.61 bits per heavy atom. The Morgan fingerprint density at radius 2 is 1.97 bits per heavy atom. The van der Waals surface area contributed by atoms with Gasteiger partial charge in [-0.15, -0.1) is 0 Å². The maximum atomic E-state index is 12.6.